The van der Waals surface area contributed by atoms with Gasteiger partial charge in [0.05, 0.1) is 19.3 Å². The summed E-state index contributed by atoms with van der Waals surface area (Å²) in [6.45, 7) is 0. The molecule has 0 aromatic heterocycles. The van der Waals surface area contributed by atoms with Gasteiger partial charge in [-0.15, -0.1) is 0 Å². The number of Topliss-reactive ketones (excluding diaryl/α,β-unsaturated/α-hetero) is 1. The average Bonchev–Trinajstić information content (AvgIpc) is 3.05. The molecule has 0 saturated heterocycles. The van der Waals surface area contributed by atoms with Gasteiger partial charge < -0.3 is 29.9 Å². The van der Waals surface area contributed by atoms with Gasteiger partial charge in [0.2, 0.25) is 0 Å². The van der Waals surface area contributed by atoms with Crippen molar-refractivity contribution in [1.29, 1.82) is 0 Å². The molecule has 0 aliphatic carbocycles. The number of carbonyl (C=O) groups excluding carboxylic acids is 1. The van der Waals surface area contributed by atoms with Gasteiger partial charge in [0, 0.05) is 36.3 Å². The van der Waals surface area contributed by atoms with Crippen LogP contribution in [-0.4, -0.2) is 64.6 Å². The van der Waals surface area contributed by atoms with Crippen molar-refractivity contribution in [1.82, 2.24) is 5.32 Å². The van der Waals surface area contributed by atoms with Gasteiger partial charge >= 0.3 is 0 Å². The Morgan fingerprint density at radius 2 is 1.70 bits per heavy atom. The van der Waals surface area contributed by atoms with Gasteiger partial charge in [0.1, 0.15) is 23.5 Å². The predicted molar refractivity (Wildman–Crippen MR) is 186 cm³/mol. The number of hydrogen-bond acceptors (Lipinski definition) is 10. The standard InChI is InChI=1S/C36H41NO7S2/c1-37-34(17-22-3-9-25(38)10-4-22)44-29-14-13-28(41)20-45-46-21-32-30(15-7-23-5-11-27(40)19-31(23)32)35-24(6-12-26(39)18-29)8-16-33(42)36(35)43-2/h3-5,7-11,15-16,19,28-29,34,37-38,40-42H,6,12-14,17-18,20-21H2,1-2H3/t28-,29+,34+/m0/s1. The first kappa shape index (κ1) is 33.9. The minimum Gasteiger partial charge on any atom is -0.508 e. The van der Waals surface area contributed by atoms with Crippen molar-refractivity contribution < 1.29 is 34.7 Å². The lowest BCUT2D eigenvalue weighted by Crippen LogP contribution is -2.36. The Morgan fingerprint density at radius 3 is 2.46 bits per heavy atom. The number of benzene rings is 4. The van der Waals surface area contributed by atoms with E-state index in [4.69, 9.17) is 9.47 Å². The van der Waals surface area contributed by atoms with Crippen molar-refractivity contribution in [2.24, 2.45) is 0 Å². The van der Waals surface area contributed by atoms with E-state index in [-0.39, 0.29) is 42.1 Å². The quantitative estimate of drug-likeness (QED) is 0.112. The molecule has 0 fully saturated rings. The number of phenolic OH excluding ortho intramolecular Hbond substituents is 3. The zero-order chi connectivity index (χ0) is 32.6. The fourth-order valence-corrected chi connectivity index (χ4v) is 8.21. The number of ether oxygens (including phenoxy) is 2. The summed E-state index contributed by atoms with van der Waals surface area (Å²) in [7, 11) is 6.54. The van der Waals surface area contributed by atoms with Crippen LogP contribution in [0.5, 0.6) is 23.0 Å². The van der Waals surface area contributed by atoms with Crippen LogP contribution in [0.3, 0.4) is 0 Å². The summed E-state index contributed by atoms with van der Waals surface area (Å²) in [4.78, 5) is 13.5. The van der Waals surface area contributed by atoms with E-state index in [0.29, 0.717) is 42.9 Å². The van der Waals surface area contributed by atoms with E-state index in [1.165, 1.54) is 7.11 Å². The van der Waals surface area contributed by atoms with Crippen molar-refractivity contribution in [3.8, 4) is 34.1 Å². The third-order valence-electron chi connectivity index (χ3n) is 8.35. The Balaban J connectivity index is 1.46. The third-order valence-corrected chi connectivity index (χ3v) is 10.7. The number of fused-ring (bicyclic) bond motifs is 5. The molecule has 46 heavy (non-hydrogen) atoms. The monoisotopic (exact) mass is 663 g/mol. The highest BCUT2D eigenvalue weighted by Gasteiger charge is 2.24. The van der Waals surface area contributed by atoms with Crippen molar-refractivity contribution in [2.75, 3.05) is 19.9 Å². The predicted octanol–water partition coefficient (Wildman–Crippen LogP) is 6.73. The lowest BCUT2D eigenvalue weighted by molar-refractivity contribution is -0.124. The number of likely N-dealkylation sites (N-methyl/N-ethyl adjacent to an activating group) is 1. The molecule has 0 spiro atoms. The number of aryl methyl sites for hydroxylation is 1. The van der Waals surface area contributed by atoms with E-state index in [9.17, 15) is 25.2 Å². The summed E-state index contributed by atoms with van der Waals surface area (Å²) >= 11 is 0. The summed E-state index contributed by atoms with van der Waals surface area (Å²) in [5.41, 5.74) is 4.43. The van der Waals surface area contributed by atoms with Gasteiger partial charge in [-0.05, 0) is 89.7 Å². The molecule has 0 amide bonds. The molecule has 244 valence electrons. The second kappa shape index (κ2) is 15.9. The number of nitrogens with one attached hydrogen (secondary N) is 1. The Labute approximate surface area is 277 Å². The molecular weight excluding hydrogens is 623 g/mol. The maximum absolute atomic E-state index is 13.5. The van der Waals surface area contributed by atoms with Gasteiger partial charge in [-0.2, -0.15) is 0 Å². The van der Waals surface area contributed by atoms with Crippen LogP contribution in [0.2, 0.25) is 0 Å². The summed E-state index contributed by atoms with van der Waals surface area (Å²) < 4.78 is 12.2. The lowest BCUT2D eigenvalue weighted by Gasteiger charge is -2.26. The van der Waals surface area contributed by atoms with Crippen molar-refractivity contribution in [3.63, 3.8) is 0 Å². The van der Waals surface area contributed by atoms with Crippen LogP contribution in [0, 0.1) is 0 Å². The van der Waals surface area contributed by atoms with Crippen LogP contribution in [0.4, 0.5) is 0 Å². The fourth-order valence-electron chi connectivity index (χ4n) is 5.92. The first-order chi connectivity index (χ1) is 22.2. The summed E-state index contributed by atoms with van der Waals surface area (Å²) in [5.74, 6) is 1.83. The zero-order valence-electron chi connectivity index (χ0n) is 26.1. The lowest BCUT2D eigenvalue weighted by atomic mass is 9.89. The number of hydrogen-bond donors (Lipinski definition) is 5. The third kappa shape index (κ3) is 8.49. The van der Waals surface area contributed by atoms with E-state index in [0.717, 1.165) is 38.6 Å². The Bertz CT molecular complexity index is 1650. The first-order valence-electron chi connectivity index (χ1n) is 15.4. The van der Waals surface area contributed by atoms with Gasteiger partial charge in [-0.3, -0.25) is 10.1 Å². The molecule has 5 rings (SSSR count). The van der Waals surface area contributed by atoms with Gasteiger partial charge in [-0.25, -0.2) is 0 Å². The summed E-state index contributed by atoms with van der Waals surface area (Å²) in [6.07, 6.45) is 1.15. The largest absolute Gasteiger partial charge is 0.508 e. The molecule has 0 radical (unpaired) electrons. The number of carbonyl (C=O) groups is 1. The van der Waals surface area contributed by atoms with Gasteiger partial charge in [0.15, 0.2) is 11.5 Å². The van der Waals surface area contributed by atoms with Crippen LogP contribution < -0.4 is 10.1 Å². The molecule has 4 aromatic carbocycles. The average molecular weight is 664 g/mol. The zero-order valence-corrected chi connectivity index (χ0v) is 27.7. The van der Waals surface area contributed by atoms with Crippen LogP contribution >= 0.6 is 21.6 Å². The molecule has 1 aliphatic heterocycles. The van der Waals surface area contributed by atoms with Crippen molar-refractivity contribution in [3.05, 3.63) is 83.4 Å². The molecule has 0 saturated carbocycles. The Hall–Kier alpha value is -3.41. The molecule has 5 N–H and O–H groups in total. The number of ketones is 1. The SMILES string of the molecule is CN[C@@H](Cc1ccc(O)cc1)O[C@@H]1CC[C@H](O)CSSCc2c(ccc3ccc(O)cc23)-c2c(ccc(O)c2OC)CCC(=O)C1. The Morgan fingerprint density at radius 1 is 0.935 bits per heavy atom. The molecular formula is C36H41NO7S2. The molecule has 0 bridgehead atoms. The van der Waals surface area contributed by atoms with Crippen LogP contribution in [0.15, 0.2) is 66.7 Å². The van der Waals surface area contributed by atoms with Gasteiger partial charge in [0.25, 0.3) is 0 Å². The number of aromatic hydroxyl groups is 3. The van der Waals surface area contributed by atoms with Crippen molar-refractivity contribution >= 4 is 38.1 Å². The van der Waals surface area contributed by atoms with E-state index in [1.807, 2.05) is 43.4 Å². The second-order valence-corrected chi connectivity index (χ2v) is 14.1. The number of aliphatic hydroxyl groups is 1. The number of aliphatic hydroxyl groups excluding tert-OH is 1. The second-order valence-electron chi connectivity index (χ2n) is 11.6. The maximum atomic E-state index is 13.5. The van der Waals surface area contributed by atoms with E-state index >= 15 is 0 Å². The number of rotatable bonds is 6. The fraction of sp³-hybridized carbons (Fsp3) is 0.361. The number of methoxy groups -OCH3 is 1. The number of phenols is 3. The summed E-state index contributed by atoms with van der Waals surface area (Å²) in [6, 6.07) is 19.7. The van der Waals surface area contributed by atoms with Crippen LogP contribution in [0.1, 0.15) is 42.4 Å². The van der Waals surface area contributed by atoms with E-state index in [1.54, 1.807) is 51.9 Å². The molecule has 4 aromatic rings. The highest BCUT2D eigenvalue weighted by Crippen LogP contribution is 2.45. The smallest absolute Gasteiger partial charge is 0.168 e. The molecule has 1 heterocycles. The minimum atomic E-state index is -0.578. The first-order valence-corrected chi connectivity index (χ1v) is 17.9. The molecule has 8 nitrogen and oxygen atoms in total. The molecule has 10 heteroatoms. The molecule has 0 unspecified atom stereocenters. The van der Waals surface area contributed by atoms with Crippen LogP contribution in [-0.2, 0) is 28.1 Å². The minimum absolute atomic E-state index is 0.00860. The molecule has 3 atom stereocenters. The topological polar surface area (TPSA) is 128 Å². The van der Waals surface area contributed by atoms with Crippen LogP contribution in [0.25, 0.3) is 21.9 Å². The normalized spacial score (nSPS) is 18.9. The highest BCUT2D eigenvalue weighted by molar-refractivity contribution is 8.76. The van der Waals surface area contributed by atoms with Crippen molar-refractivity contribution in [2.45, 2.75) is 62.7 Å². The van der Waals surface area contributed by atoms with E-state index < -0.39 is 12.2 Å². The summed E-state index contributed by atoms with van der Waals surface area (Å²) in [5, 5.41) is 46.8. The maximum Gasteiger partial charge on any atom is 0.168 e. The van der Waals surface area contributed by atoms with E-state index in [2.05, 4.69) is 5.32 Å². The highest BCUT2D eigenvalue weighted by atomic mass is 33.1. The Kier molecular flexibility index (Phi) is 11.8. The molecule has 1 aliphatic rings. The van der Waals surface area contributed by atoms with Gasteiger partial charge in [-0.1, -0.05) is 58.0 Å².